The summed E-state index contributed by atoms with van der Waals surface area (Å²) in [6, 6.07) is 5.33. The van der Waals surface area contributed by atoms with Gasteiger partial charge in [0, 0.05) is 13.0 Å². The number of aliphatic hydroxyl groups is 1. The molecule has 7 heteroatoms. The molecule has 19 heavy (non-hydrogen) atoms. The van der Waals surface area contributed by atoms with Gasteiger partial charge in [0.25, 0.3) is 0 Å². The maximum atomic E-state index is 12.4. The van der Waals surface area contributed by atoms with E-state index in [1.807, 2.05) is 6.92 Å². The normalized spacial score (nSPS) is 24.5. The fourth-order valence-electron chi connectivity index (χ4n) is 2.15. The topological polar surface area (TPSA) is 101 Å². The zero-order valence-electron chi connectivity index (χ0n) is 10.5. The Balaban J connectivity index is 2.38. The second kappa shape index (κ2) is 4.92. The molecule has 6 nitrogen and oxygen atoms in total. The van der Waals surface area contributed by atoms with Crippen LogP contribution in [0.15, 0.2) is 29.2 Å². The smallest absolute Gasteiger partial charge is 0.243 e. The third kappa shape index (κ3) is 2.63. The fourth-order valence-corrected chi connectivity index (χ4v) is 3.80. The number of sulfonamides is 1. The summed E-state index contributed by atoms with van der Waals surface area (Å²) in [6.45, 7) is 1.74. The van der Waals surface area contributed by atoms with Crippen LogP contribution in [0, 0.1) is 6.92 Å². The predicted molar refractivity (Wildman–Crippen MR) is 68.7 cm³/mol. The summed E-state index contributed by atoms with van der Waals surface area (Å²) >= 11 is 0. The van der Waals surface area contributed by atoms with Gasteiger partial charge in [0.2, 0.25) is 15.9 Å². The molecule has 2 atom stereocenters. The first-order chi connectivity index (χ1) is 8.82. The minimum atomic E-state index is -3.81. The third-order valence-electron chi connectivity index (χ3n) is 3.19. The molecule has 1 aromatic rings. The van der Waals surface area contributed by atoms with Crippen LogP contribution in [0.2, 0.25) is 0 Å². The highest BCUT2D eigenvalue weighted by molar-refractivity contribution is 7.89. The number of amides is 1. The highest BCUT2D eigenvalue weighted by Crippen LogP contribution is 2.26. The Morgan fingerprint density at radius 3 is 2.47 bits per heavy atom. The molecule has 0 aliphatic carbocycles. The molecular weight excluding hydrogens is 268 g/mol. The van der Waals surface area contributed by atoms with Gasteiger partial charge in [-0.15, -0.1) is 0 Å². The SMILES string of the molecule is Cc1ccc(S(=O)(=O)N2C[C@@H](O)C[C@@H]2C(N)=O)cc1. The predicted octanol–water partition coefficient (Wildman–Crippen LogP) is -0.396. The van der Waals surface area contributed by atoms with Crippen molar-refractivity contribution in [2.75, 3.05) is 6.54 Å². The Kier molecular flexibility index (Phi) is 3.62. The van der Waals surface area contributed by atoms with Crippen LogP contribution in [-0.4, -0.2) is 42.4 Å². The Morgan fingerprint density at radius 1 is 1.37 bits per heavy atom. The molecule has 0 saturated carbocycles. The molecule has 1 aliphatic heterocycles. The van der Waals surface area contributed by atoms with E-state index in [1.54, 1.807) is 12.1 Å². The van der Waals surface area contributed by atoms with Gasteiger partial charge in [-0.25, -0.2) is 8.42 Å². The number of nitrogens with zero attached hydrogens (tertiary/aromatic N) is 1. The maximum Gasteiger partial charge on any atom is 0.243 e. The summed E-state index contributed by atoms with van der Waals surface area (Å²) in [7, 11) is -3.81. The zero-order valence-corrected chi connectivity index (χ0v) is 11.3. The van der Waals surface area contributed by atoms with Crippen molar-refractivity contribution in [1.82, 2.24) is 4.31 Å². The number of hydrogen-bond acceptors (Lipinski definition) is 4. The van der Waals surface area contributed by atoms with E-state index in [4.69, 9.17) is 5.73 Å². The number of hydrogen-bond donors (Lipinski definition) is 2. The van der Waals surface area contributed by atoms with Crippen LogP contribution in [0.3, 0.4) is 0 Å². The van der Waals surface area contributed by atoms with Crippen LogP contribution in [-0.2, 0) is 14.8 Å². The number of nitrogens with two attached hydrogens (primary N) is 1. The summed E-state index contributed by atoms with van der Waals surface area (Å²) in [6.07, 6.45) is -0.821. The van der Waals surface area contributed by atoms with Gasteiger partial charge in [-0.1, -0.05) is 17.7 Å². The molecule has 1 aromatic carbocycles. The summed E-state index contributed by atoms with van der Waals surface area (Å²) in [4.78, 5) is 11.4. The summed E-state index contributed by atoms with van der Waals surface area (Å²) in [5, 5.41) is 9.56. The van der Waals surface area contributed by atoms with Gasteiger partial charge >= 0.3 is 0 Å². The van der Waals surface area contributed by atoms with Crippen molar-refractivity contribution in [3.05, 3.63) is 29.8 Å². The minimum Gasteiger partial charge on any atom is -0.392 e. The van der Waals surface area contributed by atoms with Crippen LogP contribution in [0.5, 0.6) is 0 Å². The van der Waals surface area contributed by atoms with E-state index in [2.05, 4.69) is 0 Å². The van der Waals surface area contributed by atoms with Crippen molar-refractivity contribution in [2.24, 2.45) is 5.73 Å². The van der Waals surface area contributed by atoms with Gasteiger partial charge in [-0.05, 0) is 19.1 Å². The Bertz CT molecular complexity index is 582. The lowest BCUT2D eigenvalue weighted by molar-refractivity contribution is -0.121. The van der Waals surface area contributed by atoms with Crippen molar-refractivity contribution >= 4 is 15.9 Å². The van der Waals surface area contributed by atoms with Crippen molar-refractivity contribution in [3.8, 4) is 0 Å². The summed E-state index contributed by atoms with van der Waals surface area (Å²) in [5.74, 6) is -0.743. The van der Waals surface area contributed by atoms with Crippen LogP contribution in [0.1, 0.15) is 12.0 Å². The average Bonchev–Trinajstić information content (AvgIpc) is 2.73. The molecular formula is C12H16N2O4S. The van der Waals surface area contributed by atoms with Crippen molar-refractivity contribution < 1.29 is 18.3 Å². The Morgan fingerprint density at radius 2 is 1.95 bits per heavy atom. The first-order valence-corrected chi connectivity index (χ1v) is 7.32. The molecule has 1 aliphatic rings. The lowest BCUT2D eigenvalue weighted by Gasteiger charge is -2.21. The van der Waals surface area contributed by atoms with Crippen LogP contribution < -0.4 is 5.73 Å². The molecule has 1 heterocycles. The van der Waals surface area contributed by atoms with Crippen molar-refractivity contribution in [2.45, 2.75) is 30.4 Å². The number of benzene rings is 1. The Hall–Kier alpha value is -1.44. The summed E-state index contributed by atoms with van der Waals surface area (Å²) in [5.41, 5.74) is 6.13. The number of rotatable bonds is 3. The van der Waals surface area contributed by atoms with Gasteiger partial charge in [-0.2, -0.15) is 4.31 Å². The first-order valence-electron chi connectivity index (χ1n) is 5.88. The second-order valence-electron chi connectivity index (χ2n) is 4.70. The lowest BCUT2D eigenvalue weighted by atomic mass is 10.2. The highest BCUT2D eigenvalue weighted by Gasteiger charge is 2.42. The molecule has 0 aromatic heterocycles. The largest absolute Gasteiger partial charge is 0.392 e. The number of aliphatic hydroxyl groups excluding tert-OH is 1. The van der Waals surface area contributed by atoms with E-state index in [0.29, 0.717) is 0 Å². The number of carbonyl (C=O) groups excluding carboxylic acids is 1. The van der Waals surface area contributed by atoms with E-state index in [9.17, 15) is 18.3 Å². The summed E-state index contributed by atoms with van der Waals surface area (Å²) < 4.78 is 25.8. The van der Waals surface area contributed by atoms with E-state index < -0.39 is 28.1 Å². The molecule has 3 N–H and O–H groups in total. The van der Waals surface area contributed by atoms with E-state index in [-0.39, 0.29) is 17.9 Å². The molecule has 0 radical (unpaired) electrons. The van der Waals surface area contributed by atoms with Crippen LogP contribution in [0.4, 0.5) is 0 Å². The van der Waals surface area contributed by atoms with Crippen molar-refractivity contribution in [3.63, 3.8) is 0 Å². The minimum absolute atomic E-state index is 0.0421. The third-order valence-corrected chi connectivity index (χ3v) is 5.08. The lowest BCUT2D eigenvalue weighted by Crippen LogP contribution is -2.43. The molecule has 0 unspecified atom stereocenters. The average molecular weight is 284 g/mol. The van der Waals surface area contributed by atoms with Gasteiger partial charge in [0.15, 0.2) is 0 Å². The van der Waals surface area contributed by atoms with Crippen LogP contribution in [0.25, 0.3) is 0 Å². The highest BCUT2D eigenvalue weighted by atomic mass is 32.2. The number of carbonyl (C=O) groups is 1. The molecule has 1 fully saturated rings. The number of aryl methyl sites for hydroxylation is 1. The number of primary amides is 1. The molecule has 2 rings (SSSR count). The fraction of sp³-hybridized carbons (Fsp3) is 0.417. The molecule has 1 saturated heterocycles. The molecule has 104 valence electrons. The molecule has 1 amide bonds. The van der Waals surface area contributed by atoms with Gasteiger partial charge in [0.05, 0.1) is 11.0 Å². The quantitative estimate of drug-likeness (QED) is 0.789. The first kappa shape index (κ1) is 14.0. The maximum absolute atomic E-state index is 12.4. The van der Waals surface area contributed by atoms with Gasteiger partial charge in [-0.3, -0.25) is 4.79 Å². The van der Waals surface area contributed by atoms with E-state index in [0.717, 1.165) is 9.87 Å². The van der Waals surface area contributed by atoms with Crippen molar-refractivity contribution in [1.29, 1.82) is 0 Å². The van der Waals surface area contributed by atoms with Gasteiger partial charge < -0.3 is 10.8 Å². The monoisotopic (exact) mass is 284 g/mol. The second-order valence-corrected chi connectivity index (χ2v) is 6.59. The van der Waals surface area contributed by atoms with Crippen LogP contribution >= 0.6 is 0 Å². The van der Waals surface area contributed by atoms with E-state index in [1.165, 1.54) is 12.1 Å². The standard InChI is InChI=1S/C12H16N2O4S/c1-8-2-4-10(5-3-8)19(17,18)14-7-9(15)6-11(14)12(13)16/h2-5,9,11,15H,6-7H2,1H3,(H2,13,16)/t9-,11+/m0/s1. The van der Waals surface area contributed by atoms with Gasteiger partial charge in [0.1, 0.15) is 6.04 Å². The zero-order chi connectivity index (χ0) is 14.2. The molecule has 0 spiro atoms. The number of β-amino-alcohol motifs (C(OH)–C–C–N with tert-alkyl or cyclic N) is 1. The molecule has 0 bridgehead atoms. The Labute approximate surface area is 111 Å². The van der Waals surface area contributed by atoms with E-state index >= 15 is 0 Å².